The summed E-state index contributed by atoms with van der Waals surface area (Å²) in [6, 6.07) is 16.2. The minimum absolute atomic E-state index is 0.290. The number of carbonyl (C=O) groups excluding carboxylic acids is 2. The summed E-state index contributed by atoms with van der Waals surface area (Å²) in [6.45, 7) is 1.92. The quantitative estimate of drug-likeness (QED) is 0.833. The minimum Gasteiger partial charge on any atom is -0.496 e. The maximum atomic E-state index is 12.1. The molecule has 0 heterocycles. The molecule has 2 rings (SSSR count). The Morgan fingerprint density at radius 1 is 1.04 bits per heavy atom. The number of carbonyl (C=O) groups is 2. The van der Waals surface area contributed by atoms with Gasteiger partial charge in [0.15, 0.2) is 6.10 Å². The number of benzene rings is 2. The van der Waals surface area contributed by atoms with Crippen LogP contribution in [-0.2, 0) is 16.1 Å². The van der Waals surface area contributed by atoms with Gasteiger partial charge in [0.05, 0.1) is 7.11 Å². The fourth-order valence-electron chi connectivity index (χ4n) is 2.02. The minimum atomic E-state index is -0.892. The van der Waals surface area contributed by atoms with Gasteiger partial charge >= 0.3 is 5.97 Å². The van der Waals surface area contributed by atoms with Crippen LogP contribution in [0.2, 0.25) is 0 Å². The van der Waals surface area contributed by atoms with Gasteiger partial charge in [0.1, 0.15) is 11.3 Å². The highest BCUT2D eigenvalue weighted by atomic mass is 16.5. The number of ether oxygens (including phenoxy) is 2. The lowest BCUT2D eigenvalue weighted by atomic mass is 10.2. The highest BCUT2D eigenvalue weighted by Crippen LogP contribution is 2.18. The van der Waals surface area contributed by atoms with Crippen LogP contribution in [0.15, 0.2) is 54.6 Å². The lowest BCUT2D eigenvalue weighted by Gasteiger charge is -2.14. The Hall–Kier alpha value is -2.82. The molecule has 5 heteroatoms. The molecule has 1 amide bonds. The zero-order valence-electron chi connectivity index (χ0n) is 13.1. The topological polar surface area (TPSA) is 64.6 Å². The van der Waals surface area contributed by atoms with Gasteiger partial charge in [-0.25, -0.2) is 4.79 Å². The zero-order valence-corrected chi connectivity index (χ0v) is 13.1. The molecule has 0 aliphatic carbocycles. The summed E-state index contributed by atoms with van der Waals surface area (Å²) >= 11 is 0. The fourth-order valence-corrected chi connectivity index (χ4v) is 2.02. The molecule has 0 saturated carbocycles. The van der Waals surface area contributed by atoms with Crippen LogP contribution < -0.4 is 10.1 Å². The van der Waals surface area contributed by atoms with E-state index in [4.69, 9.17) is 9.47 Å². The van der Waals surface area contributed by atoms with Crippen LogP contribution in [0.3, 0.4) is 0 Å². The second kappa shape index (κ2) is 7.98. The van der Waals surface area contributed by atoms with Crippen molar-refractivity contribution in [3.8, 4) is 5.75 Å². The third-order valence-electron chi connectivity index (χ3n) is 3.29. The Bertz CT molecular complexity index is 670. The zero-order chi connectivity index (χ0) is 16.7. The van der Waals surface area contributed by atoms with Gasteiger partial charge in [-0.15, -0.1) is 0 Å². The molecule has 5 nitrogen and oxygen atoms in total. The SMILES string of the molecule is COc1ccccc1C(=O)O[C@@H](C)C(=O)NCc1ccccc1. The first kappa shape index (κ1) is 16.5. The van der Waals surface area contributed by atoms with Crippen LogP contribution in [0.1, 0.15) is 22.8 Å². The second-order valence-corrected chi connectivity index (χ2v) is 4.95. The van der Waals surface area contributed by atoms with Crippen LogP contribution in [0.4, 0.5) is 0 Å². The number of methoxy groups -OCH3 is 1. The molecule has 0 unspecified atom stereocenters. The van der Waals surface area contributed by atoms with Crippen LogP contribution in [-0.4, -0.2) is 25.1 Å². The molecular formula is C18H19NO4. The first-order chi connectivity index (χ1) is 11.1. The molecule has 120 valence electrons. The van der Waals surface area contributed by atoms with Crippen molar-refractivity contribution < 1.29 is 19.1 Å². The van der Waals surface area contributed by atoms with E-state index in [0.29, 0.717) is 12.3 Å². The van der Waals surface area contributed by atoms with Crippen LogP contribution >= 0.6 is 0 Å². The van der Waals surface area contributed by atoms with Gasteiger partial charge in [-0.1, -0.05) is 42.5 Å². The molecule has 1 atom stereocenters. The van der Waals surface area contributed by atoms with Crippen molar-refractivity contribution >= 4 is 11.9 Å². The van der Waals surface area contributed by atoms with Gasteiger partial charge in [-0.3, -0.25) is 4.79 Å². The summed E-state index contributed by atoms with van der Waals surface area (Å²) in [6.07, 6.45) is -0.892. The van der Waals surface area contributed by atoms with E-state index in [-0.39, 0.29) is 11.5 Å². The number of nitrogens with one attached hydrogen (secondary N) is 1. The van der Waals surface area contributed by atoms with E-state index in [0.717, 1.165) is 5.56 Å². The van der Waals surface area contributed by atoms with E-state index in [9.17, 15) is 9.59 Å². The molecule has 0 aliphatic heterocycles. The molecule has 0 fully saturated rings. The molecule has 0 bridgehead atoms. The third-order valence-corrected chi connectivity index (χ3v) is 3.29. The predicted octanol–water partition coefficient (Wildman–Crippen LogP) is 2.56. The van der Waals surface area contributed by atoms with Crippen molar-refractivity contribution in [1.82, 2.24) is 5.32 Å². The first-order valence-corrected chi connectivity index (χ1v) is 7.27. The second-order valence-electron chi connectivity index (χ2n) is 4.95. The van der Waals surface area contributed by atoms with Crippen molar-refractivity contribution in [3.05, 3.63) is 65.7 Å². The molecule has 2 aromatic carbocycles. The molecule has 2 aromatic rings. The normalized spacial score (nSPS) is 11.4. The standard InChI is InChI=1S/C18H19NO4/c1-13(17(20)19-12-14-8-4-3-5-9-14)23-18(21)15-10-6-7-11-16(15)22-2/h3-11,13H,12H2,1-2H3,(H,19,20)/t13-/m0/s1. The average molecular weight is 313 g/mol. The van der Waals surface area contributed by atoms with Gasteiger partial charge in [0, 0.05) is 6.54 Å². The van der Waals surface area contributed by atoms with Crippen molar-refractivity contribution in [2.75, 3.05) is 7.11 Å². The third kappa shape index (κ3) is 4.57. The molecule has 0 aromatic heterocycles. The number of amides is 1. The number of hydrogen-bond donors (Lipinski definition) is 1. The molecule has 0 saturated heterocycles. The summed E-state index contributed by atoms with van der Waals surface area (Å²) in [5.74, 6) is -0.531. The van der Waals surface area contributed by atoms with Crippen molar-refractivity contribution in [1.29, 1.82) is 0 Å². The van der Waals surface area contributed by atoms with Gasteiger partial charge in [-0.2, -0.15) is 0 Å². The van der Waals surface area contributed by atoms with Gasteiger partial charge < -0.3 is 14.8 Å². The molecular weight excluding hydrogens is 294 g/mol. The summed E-state index contributed by atoms with van der Waals surface area (Å²) in [5.41, 5.74) is 1.27. The first-order valence-electron chi connectivity index (χ1n) is 7.27. The number of rotatable bonds is 6. The molecule has 23 heavy (non-hydrogen) atoms. The van der Waals surface area contributed by atoms with Gasteiger partial charge in [0.25, 0.3) is 5.91 Å². The molecule has 0 radical (unpaired) electrons. The number of hydrogen-bond acceptors (Lipinski definition) is 4. The average Bonchev–Trinajstić information content (AvgIpc) is 2.60. The van der Waals surface area contributed by atoms with Crippen LogP contribution in [0, 0.1) is 0 Å². The molecule has 1 N–H and O–H groups in total. The largest absolute Gasteiger partial charge is 0.496 e. The monoisotopic (exact) mass is 313 g/mol. The molecule has 0 spiro atoms. The maximum absolute atomic E-state index is 12.1. The highest BCUT2D eigenvalue weighted by molar-refractivity contribution is 5.94. The summed E-state index contributed by atoms with van der Waals surface area (Å²) < 4.78 is 10.3. The van der Waals surface area contributed by atoms with Crippen molar-refractivity contribution in [3.63, 3.8) is 0 Å². The lowest BCUT2D eigenvalue weighted by molar-refractivity contribution is -0.129. The van der Waals surface area contributed by atoms with Crippen LogP contribution in [0.5, 0.6) is 5.75 Å². The lowest BCUT2D eigenvalue weighted by Crippen LogP contribution is -2.35. The number of para-hydroxylation sites is 1. The Labute approximate surface area is 135 Å². The maximum Gasteiger partial charge on any atom is 0.342 e. The van der Waals surface area contributed by atoms with Gasteiger partial charge in [0.2, 0.25) is 0 Å². The summed E-state index contributed by atoms with van der Waals surface area (Å²) in [7, 11) is 1.47. The Kier molecular flexibility index (Phi) is 5.74. The highest BCUT2D eigenvalue weighted by Gasteiger charge is 2.20. The summed E-state index contributed by atoms with van der Waals surface area (Å²) in [4.78, 5) is 24.1. The fraction of sp³-hybridized carbons (Fsp3) is 0.222. The summed E-state index contributed by atoms with van der Waals surface area (Å²) in [5, 5.41) is 2.74. The van der Waals surface area contributed by atoms with Crippen molar-refractivity contribution in [2.24, 2.45) is 0 Å². The van der Waals surface area contributed by atoms with Crippen molar-refractivity contribution in [2.45, 2.75) is 19.6 Å². The van der Waals surface area contributed by atoms with E-state index < -0.39 is 12.1 Å². The molecule has 0 aliphatic rings. The smallest absolute Gasteiger partial charge is 0.342 e. The van der Waals surface area contributed by atoms with Gasteiger partial charge in [-0.05, 0) is 24.6 Å². The van der Waals surface area contributed by atoms with Crippen LogP contribution in [0.25, 0.3) is 0 Å². The van der Waals surface area contributed by atoms with E-state index in [1.165, 1.54) is 14.0 Å². The Morgan fingerprint density at radius 3 is 2.39 bits per heavy atom. The predicted molar refractivity (Wildman–Crippen MR) is 86.2 cm³/mol. The van der Waals surface area contributed by atoms with E-state index in [2.05, 4.69) is 5.32 Å². The van der Waals surface area contributed by atoms with E-state index in [1.807, 2.05) is 30.3 Å². The number of esters is 1. The van der Waals surface area contributed by atoms with E-state index in [1.54, 1.807) is 24.3 Å². The Morgan fingerprint density at radius 2 is 1.70 bits per heavy atom. The Balaban J connectivity index is 1.91. The van der Waals surface area contributed by atoms with E-state index >= 15 is 0 Å².